The largest absolute Gasteiger partial charge is 0.366 e. The van der Waals surface area contributed by atoms with Crippen LogP contribution in [-0.2, 0) is 0 Å². The lowest BCUT2D eigenvalue weighted by Gasteiger charge is -2.19. The molecule has 2 aromatic carbocycles. The van der Waals surface area contributed by atoms with Crippen LogP contribution in [0.4, 0.5) is 5.69 Å². The van der Waals surface area contributed by atoms with Crippen molar-refractivity contribution in [3.63, 3.8) is 0 Å². The van der Waals surface area contributed by atoms with Crippen molar-refractivity contribution in [1.29, 1.82) is 5.26 Å². The third-order valence-corrected chi connectivity index (χ3v) is 3.80. The summed E-state index contributed by atoms with van der Waals surface area (Å²) in [6.07, 6.45) is 0. The molecule has 0 aromatic heterocycles. The van der Waals surface area contributed by atoms with Crippen LogP contribution in [0.1, 0.15) is 15.9 Å². The Kier molecular flexibility index (Phi) is 4.85. The van der Waals surface area contributed by atoms with Gasteiger partial charge < -0.3 is 4.90 Å². The van der Waals surface area contributed by atoms with Gasteiger partial charge in [0.2, 0.25) is 0 Å². The second kappa shape index (κ2) is 6.62. The molecule has 21 heavy (non-hydrogen) atoms. The van der Waals surface area contributed by atoms with Crippen LogP contribution in [0.15, 0.2) is 42.5 Å². The van der Waals surface area contributed by atoms with E-state index in [4.69, 9.17) is 28.5 Å². The van der Waals surface area contributed by atoms with Crippen LogP contribution in [0, 0.1) is 11.3 Å². The quantitative estimate of drug-likeness (QED) is 0.794. The Morgan fingerprint density at radius 3 is 2.57 bits per heavy atom. The molecule has 0 unspecified atom stereocenters. The summed E-state index contributed by atoms with van der Waals surface area (Å²) in [6, 6.07) is 14.0. The summed E-state index contributed by atoms with van der Waals surface area (Å²) in [4.78, 5) is 14.0. The van der Waals surface area contributed by atoms with E-state index in [0.717, 1.165) is 0 Å². The van der Waals surface area contributed by atoms with Crippen molar-refractivity contribution >= 4 is 34.7 Å². The van der Waals surface area contributed by atoms with E-state index in [1.165, 1.54) is 0 Å². The molecule has 0 aliphatic carbocycles. The third kappa shape index (κ3) is 3.55. The maximum absolute atomic E-state index is 12.3. The molecule has 0 atom stereocenters. The molecule has 3 nitrogen and oxygen atoms in total. The van der Waals surface area contributed by atoms with Gasteiger partial charge in [0.15, 0.2) is 5.78 Å². The monoisotopic (exact) mass is 318 g/mol. The number of ketones is 1. The van der Waals surface area contributed by atoms with Gasteiger partial charge in [-0.3, -0.25) is 4.79 Å². The number of nitriles is 1. The van der Waals surface area contributed by atoms with Gasteiger partial charge in [0.05, 0.1) is 27.8 Å². The number of carbonyl (C=O) groups excluding carboxylic acids is 1. The smallest absolute Gasteiger partial charge is 0.182 e. The fourth-order valence-corrected chi connectivity index (χ4v) is 2.26. The summed E-state index contributed by atoms with van der Waals surface area (Å²) >= 11 is 11.8. The van der Waals surface area contributed by atoms with Crippen molar-refractivity contribution in [3.8, 4) is 6.07 Å². The zero-order chi connectivity index (χ0) is 15.4. The van der Waals surface area contributed by atoms with E-state index in [9.17, 15) is 4.79 Å². The molecule has 106 valence electrons. The predicted molar refractivity (Wildman–Crippen MR) is 85.2 cm³/mol. The highest BCUT2D eigenvalue weighted by Crippen LogP contribution is 2.23. The molecule has 2 rings (SSSR count). The maximum atomic E-state index is 12.3. The zero-order valence-corrected chi connectivity index (χ0v) is 12.8. The van der Waals surface area contributed by atoms with Crippen LogP contribution < -0.4 is 4.90 Å². The van der Waals surface area contributed by atoms with Crippen molar-refractivity contribution in [1.82, 2.24) is 0 Å². The van der Waals surface area contributed by atoms with E-state index < -0.39 is 0 Å². The van der Waals surface area contributed by atoms with Crippen molar-refractivity contribution in [3.05, 3.63) is 63.6 Å². The molecule has 0 aliphatic rings. The Hall–Kier alpha value is -2.02. The number of benzene rings is 2. The first-order chi connectivity index (χ1) is 10.0. The summed E-state index contributed by atoms with van der Waals surface area (Å²) < 4.78 is 0. The molecule has 0 saturated heterocycles. The second-order valence-electron chi connectivity index (χ2n) is 4.54. The van der Waals surface area contributed by atoms with E-state index in [1.807, 2.05) is 6.07 Å². The van der Waals surface area contributed by atoms with Gasteiger partial charge >= 0.3 is 0 Å². The molecule has 0 aliphatic heterocycles. The number of Topliss-reactive ketones (excluding diaryl/α,β-unsaturated/α-hetero) is 1. The fourth-order valence-electron chi connectivity index (χ4n) is 1.96. The number of anilines is 1. The lowest BCUT2D eigenvalue weighted by molar-refractivity contribution is 0.100. The van der Waals surface area contributed by atoms with Crippen LogP contribution in [0.25, 0.3) is 0 Å². The van der Waals surface area contributed by atoms with Crippen molar-refractivity contribution in [2.75, 3.05) is 18.5 Å². The van der Waals surface area contributed by atoms with E-state index >= 15 is 0 Å². The lowest BCUT2D eigenvalue weighted by atomic mass is 10.1. The Balaban J connectivity index is 2.19. The van der Waals surface area contributed by atoms with E-state index in [1.54, 1.807) is 48.3 Å². The normalized spacial score (nSPS) is 10.0. The topological polar surface area (TPSA) is 44.1 Å². The van der Waals surface area contributed by atoms with Gasteiger partial charge in [-0.2, -0.15) is 5.26 Å². The van der Waals surface area contributed by atoms with Gasteiger partial charge in [-0.25, -0.2) is 0 Å². The summed E-state index contributed by atoms with van der Waals surface area (Å²) in [5.41, 5.74) is 1.74. The standard InChI is InChI=1S/C16H12Cl2N2O/c1-20(15-5-3-2-4-12(15)9-19)10-16(21)11-6-7-13(17)14(18)8-11/h2-8H,10H2,1H3. The Bertz CT molecular complexity index is 722. The van der Waals surface area contributed by atoms with Crippen molar-refractivity contribution in [2.24, 2.45) is 0 Å². The summed E-state index contributed by atoms with van der Waals surface area (Å²) in [6.45, 7) is 0.149. The number of nitrogens with zero attached hydrogens (tertiary/aromatic N) is 2. The molecule has 2 aromatic rings. The molecule has 0 heterocycles. The highest BCUT2D eigenvalue weighted by Gasteiger charge is 2.13. The summed E-state index contributed by atoms with van der Waals surface area (Å²) in [5, 5.41) is 9.85. The average Bonchev–Trinajstić information content (AvgIpc) is 2.49. The number of hydrogen-bond acceptors (Lipinski definition) is 3. The van der Waals surface area contributed by atoms with Crippen molar-refractivity contribution < 1.29 is 4.79 Å². The minimum Gasteiger partial charge on any atom is -0.366 e. The van der Waals surface area contributed by atoms with E-state index in [2.05, 4.69) is 6.07 Å². The SMILES string of the molecule is CN(CC(=O)c1ccc(Cl)c(Cl)c1)c1ccccc1C#N. The fraction of sp³-hybridized carbons (Fsp3) is 0.125. The minimum absolute atomic E-state index is 0.0937. The third-order valence-electron chi connectivity index (χ3n) is 3.06. The van der Waals surface area contributed by atoms with Crippen molar-refractivity contribution in [2.45, 2.75) is 0 Å². The molecule has 0 saturated carbocycles. The molecule has 0 radical (unpaired) electrons. The predicted octanol–water partition coefficient (Wildman–Crippen LogP) is 4.18. The molecule has 0 N–H and O–H groups in total. The van der Waals surface area contributed by atoms with Gasteiger partial charge in [0.25, 0.3) is 0 Å². The molecular weight excluding hydrogens is 307 g/mol. The van der Waals surface area contributed by atoms with Crippen LogP contribution >= 0.6 is 23.2 Å². The van der Waals surface area contributed by atoms with Crippen LogP contribution in [0.5, 0.6) is 0 Å². The van der Waals surface area contributed by atoms with Gasteiger partial charge in [-0.05, 0) is 30.3 Å². The number of halogens is 2. The lowest BCUT2D eigenvalue weighted by Crippen LogP contribution is -2.26. The molecule has 0 spiro atoms. The highest BCUT2D eigenvalue weighted by atomic mass is 35.5. The number of carbonyl (C=O) groups is 1. The first-order valence-electron chi connectivity index (χ1n) is 6.21. The first kappa shape index (κ1) is 15.4. The van der Waals surface area contributed by atoms with Crippen LogP contribution in [0.3, 0.4) is 0 Å². The molecule has 5 heteroatoms. The van der Waals surface area contributed by atoms with Gasteiger partial charge in [-0.1, -0.05) is 35.3 Å². The molecular formula is C16H12Cl2N2O. The highest BCUT2D eigenvalue weighted by molar-refractivity contribution is 6.42. The van der Waals surface area contributed by atoms with Crippen LogP contribution in [0.2, 0.25) is 10.0 Å². The zero-order valence-electron chi connectivity index (χ0n) is 11.3. The second-order valence-corrected chi connectivity index (χ2v) is 5.35. The number of para-hydroxylation sites is 1. The molecule has 0 amide bonds. The Morgan fingerprint density at radius 1 is 1.19 bits per heavy atom. The molecule has 0 fully saturated rings. The van der Waals surface area contributed by atoms with Gasteiger partial charge in [0.1, 0.15) is 6.07 Å². The molecule has 0 bridgehead atoms. The Labute approximate surface area is 133 Å². The summed E-state index contributed by atoms with van der Waals surface area (Å²) in [5.74, 6) is -0.0937. The minimum atomic E-state index is -0.0937. The van der Waals surface area contributed by atoms with Crippen LogP contribution in [-0.4, -0.2) is 19.4 Å². The number of hydrogen-bond donors (Lipinski definition) is 0. The van der Waals surface area contributed by atoms with Gasteiger partial charge in [-0.15, -0.1) is 0 Å². The number of rotatable bonds is 4. The maximum Gasteiger partial charge on any atom is 0.182 e. The Morgan fingerprint density at radius 2 is 1.90 bits per heavy atom. The first-order valence-corrected chi connectivity index (χ1v) is 6.97. The van der Waals surface area contributed by atoms with E-state index in [0.29, 0.717) is 26.9 Å². The summed E-state index contributed by atoms with van der Waals surface area (Å²) in [7, 11) is 1.77. The van der Waals surface area contributed by atoms with Gasteiger partial charge in [0, 0.05) is 12.6 Å². The number of likely N-dealkylation sites (N-methyl/N-ethyl adjacent to an activating group) is 1. The van der Waals surface area contributed by atoms with E-state index in [-0.39, 0.29) is 12.3 Å². The average molecular weight is 319 g/mol.